The lowest BCUT2D eigenvalue weighted by Crippen LogP contribution is -2.03. The molecule has 0 aliphatic carbocycles. The third kappa shape index (κ3) is 2.92. The van der Waals surface area contributed by atoms with Crippen molar-refractivity contribution in [2.45, 2.75) is 33.6 Å². The van der Waals surface area contributed by atoms with Crippen molar-refractivity contribution in [2.75, 3.05) is 0 Å². The van der Waals surface area contributed by atoms with Crippen LogP contribution >= 0.6 is 0 Å². The van der Waals surface area contributed by atoms with Gasteiger partial charge in [-0.05, 0) is 43.9 Å². The van der Waals surface area contributed by atoms with Gasteiger partial charge in [0, 0.05) is 12.0 Å². The predicted octanol–water partition coefficient (Wildman–Crippen LogP) is 2.52. The lowest BCUT2D eigenvalue weighted by molar-refractivity contribution is -0.136. The summed E-state index contributed by atoms with van der Waals surface area (Å²) in [4.78, 5) is 21.8. The predicted molar refractivity (Wildman–Crippen MR) is 61.9 cm³/mol. The van der Waals surface area contributed by atoms with Gasteiger partial charge in [0.25, 0.3) is 0 Å². The van der Waals surface area contributed by atoms with E-state index in [1.807, 2.05) is 26.0 Å². The van der Waals surface area contributed by atoms with Crippen LogP contribution in [0.1, 0.15) is 40.4 Å². The Kier molecular flexibility index (Phi) is 3.82. The van der Waals surface area contributed by atoms with E-state index in [1.54, 1.807) is 6.92 Å². The largest absolute Gasteiger partial charge is 0.481 e. The molecular formula is C13H16O3. The first-order chi connectivity index (χ1) is 7.41. The van der Waals surface area contributed by atoms with Crippen molar-refractivity contribution >= 4 is 11.8 Å². The Balaban J connectivity index is 3.00. The summed E-state index contributed by atoms with van der Waals surface area (Å²) in [6.07, 6.45) is 0.632. The molecule has 0 aromatic heterocycles. The molecule has 1 aromatic carbocycles. The van der Waals surface area contributed by atoms with Crippen LogP contribution in [0.2, 0.25) is 0 Å². The lowest BCUT2D eigenvalue weighted by atomic mass is 9.95. The van der Waals surface area contributed by atoms with Gasteiger partial charge in [0.2, 0.25) is 0 Å². The van der Waals surface area contributed by atoms with E-state index < -0.39 is 5.97 Å². The minimum absolute atomic E-state index is 0.0554. The monoisotopic (exact) mass is 220 g/mol. The molecule has 0 aliphatic heterocycles. The van der Waals surface area contributed by atoms with Crippen molar-refractivity contribution in [3.63, 3.8) is 0 Å². The van der Waals surface area contributed by atoms with Crippen molar-refractivity contribution in [1.29, 1.82) is 0 Å². The standard InChI is InChI=1S/C13H16O3/c1-8-6-11(4-5-12(15)16)7-9(2)13(8)10(3)14/h6-7H,4-5H2,1-3H3,(H,15,16). The molecule has 0 saturated heterocycles. The number of carbonyl (C=O) groups excluding carboxylic acids is 1. The first-order valence-electron chi connectivity index (χ1n) is 5.24. The molecule has 0 heterocycles. The van der Waals surface area contributed by atoms with Crippen LogP contribution in [0.15, 0.2) is 12.1 Å². The molecular weight excluding hydrogens is 204 g/mol. The second-order valence-electron chi connectivity index (χ2n) is 4.05. The van der Waals surface area contributed by atoms with Crippen molar-refractivity contribution in [1.82, 2.24) is 0 Å². The maximum absolute atomic E-state index is 11.4. The van der Waals surface area contributed by atoms with Crippen molar-refractivity contribution in [3.8, 4) is 0 Å². The van der Waals surface area contributed by atoms with Crippen molar-refractivity contribution < 1.29 is 14.7 Å². The molecule has 1 rings (SSSR count). The zero-order valence-electron chi connectivity index (χ0n) is 9.83. The Bertz CT molecular complexity index is 410. The SMILES string of the molecule is CC(=O)c1c(C)cc(CCC(=O)O)cc1C. The van der Waals surface area contributed by atoms with Gasteiger partial charge in [-0.3, -0.25) is 9.59 Å². The van der Waals surface area contributed by atoms with Gasteiger partial charge in [-0.25, -0.2) is 0 Å². The van der Waals surface area contributed by atoms with Crippen molar-refractivity contribution in [2.24, 2.45) is 0 Å². The number of carbonyl (C=O) groups is 2. The molecule has 0 aliphatic rings. The molecule has 0 unspecified atom stereocenters. The number of aliphatic carboxylic acids is 1. The Morgan fingerprint density at radius 3 is 2.06 bits per heavy atom. The maximum Gasteiger partial charge on any atom is 0.303 e. The molecule has 1 N–H and O–H groups in total. The molecule has 3 nitrogen and oxygen atoms in total. The Labute approximate surface area is 95.1 Å². The van der Waals surface area contributed by atoms with Crippen LogP contribution in [-0.2, 0) is 11.2 Å². The zero-order chi connectivity index (χ0) is 12.3. The second kappa shape index (κ2) is 4.92. The molecule has 0 amide bonds. The average molecular weight is 220 g/mol. The van der Waals surface area contributed by atoms with Crippen LogP contribution < -0.4 is 0 Å². The summed E-state index contributed by atoms with van der Waals surface area (Å²) in [6.45, 7) is 5.31. The topological polar surface area (TPSA) is 54.4 Å². The third-order valence-corrected chi connectivity index (χ3v) is 2.57. The summed E-state index contributed by atoms with van der Waals surface area (Å²) in [5.74, 6) is -0.745. The fourth-order valence-electron chi connectivity index (χ4n) is 2.00. The van der Waals surface area contributed by atoms with Crippen LogP contribution in [0.25, 0.3) is 0 Å². The highest BCUT2D eigenvalue weighted by Crippen LogP contribution is 2.18. The lowest BCUT2D eigenvalue weighted by Gasteiger charge is -2.09. The van der Waals surface area contributed by atoms with Gasteiger partial charge < -0.3 is 5.11 Å². The van der Waals surface area contributed by atoms with Crippen LogP contribution in [0, 0.1) is 13.8 Å². The van der Waals surface area contributed by atoms with E-state index >= 15 is 0 Å². The third-order valence-electron chi connectivity index (χ3n) is 2.57. The number of carboxylic acid groups (broad SMARTS) is 1. The average Bonchev–Trinajstić information content (AvgIpc) is 2.12. The molecule has 1 aromatic rings. The highest BCUT2D eigenvalue weighted by atomic mass is 16.4. The molecule has 3 heteroatoms. The van der Waals surface area contributed by atoms with Crippen molar-refractivity contribution in [3.05, 3.63) is 34.4 Å². The van der Waals surface area contributed by atoms with E-state index in [0.29, 0.717) is 6.42 Å². The van der Waals surface area contributed by atoms with Gasteiger partial charge in [0.15, 0.2) is 5.78 Å². The minimum atomic E-state index is -0.800. The summed E-state index contributed by atoms with van der Waals surface area (Å²) in [6, 6.07) is 3.79. The van der Waals surface area contributed by atoms with Crippen LogP contribution in [0.3, 0.4) is 0 Å². The van der Waals surface area contributed by atoms with Gasteiger partial charge in [0.05, 0.1) is 0 Å². The number of hydrogen-bond acceptors (Lipinski definition) is 2. The maximum atomic E-state index is 11.4. The minimum Gasteiger partial charge on any atom is -0.481 e. The van der Waals surface area contributed by atoms with Gasteiger partial charge in [-0.1, -0.05) is 12.1 Å². The fraction of sp³-hybridized carbons (Fsp3) is 0.385. The van der Waals surface area contributed by atoms with E-state index in [9.17, 15) is 9.59 Å². The first kappa shape index (κ1) is 12.4. The van der Waals surface area contributed by atoms with E-state index in [0.717, 1.165) is 22.3 Å². The molecule has 86 valence electrons. The number of hydrogen-bond donors (Lipinski definition) is 1. The summed E-state index contributed by atoms with van der Waals surface area (Å²) in [5, 5.41) is 8.60. The smallest absolute Gasteiger partial charge is 0.303 e. The highest BCUT2D eigenvalue weighted by molar-refractivity contribution is 5.97. The first-order valence-corrected chi connectivity index (χ1v) is 5.24. The molecule has 16 heavy (non-hydrogen) atoms. The Hall–Kier alpha value is -1.64. The molecule has 0 spiro atoms. The Morgan fingerprint density at radius 2 is 1.69 bits per heavy atom. The van der Waals surface area contributed by atoms with E-state index in [1.165, 1.54) is 0 Å². The van der Waals surface area contributed by atoms with Crippen LogP contribution in [0.5, 0.6) is 0 Å². The normalized spacial score (nSPS) is 10.2. The summed E-state index contributed by atoms with van der Waals surface area (Å²) in [5.41, 5.74) is 3.57. The molecule has 0 radical (unpaired) electrons. The summed E-state index contributed by atoms with van der Waals surface area (Å²) >= 11 is 0. The number of carboxylic acids is 1. The molecule has 0 saturated carbocycles. The van der Waals surface area contributed by atoms with Gasteiger partial charge in [0.1, 0.15) is 0 Å². The van der Waals surface area contributed by atoms with Crippen LogP contribution in [0.4, 0.5) is 0 Å². The summed E-state index contributed by atoms with van der Waals surface area (Å²) in [7, 11) is 0. The van der Waals surface area contributed by atoms with Crippen LogP contribution in [-0.4, -0.2) is 16.9 Å². The fourth-order valence-corrected chi connectivity index (χ4v) is 2.00. The second-order valence-corrected chi connectivity index (χ2v) is 4.05. The number of benzene rings is 1. The molecule has 0 fully saturated rings. The van der Waals surface area contributed by atoms with E-state index in [4.69, 9.17) is 5.11 Å². The summed E-state index contributed by atoms with van der Waals surface area (Å²) < 4.78 is 0. The zero-order valence-corrected chi connectivity index (χ0v) is 9.83. The molecule has 0 bridgehead atoms. The number of Topliss-reactive ketones (excluding diaryl/α,β-unsaturated/α-hetero) is 1. The van der Waals surface area contributed by atoms with E-state index in [2.05, 4.69) is 0 Å². The Morgan fingerprint density at radius 1 is 1.19 bits per heavy atom. The van der Waals surface area contributed by atoms with E-state index in [-0.39, 0.29) is 12.2 Å². The number of aryl methyl sites for hydroxylation is 3. The van der Waals surface area contributed by atoms with Gasteiger partial charge >= 0.3 is 5.97 Å². The number of rotatable bonds is 4. The van der Waals surface area contributed by atoms with Gasteiger partial charge in [-0.2, -0.15) is 0 Å². The van der Waals surface area contributed by atoms with Gasteiger partial charge in [-0.15, -0.1) is 0 Å². The quantitative estimate of drug-likeness (QED) is 0.793. The number of ketones is 1. The highest BCUT2D eigenvalue weighted by Gasteiger charge is 2.09. The molecule has 0 atom stereocenters.